The van der Waals surface area contributed by atoms with E-state index in [1.54, 1.807) is 13.0 Å². The summed E-state index contributed by atoms with van der Waals surface area (Å²) in [6.07, 6.45) is 2.85. The molecule has 1 aromatic heterocycles. The number of aryl methyl sites for hydroxylation is 3. The van der Waals surface area contributed by atoms with Gasteiger partial charge in [-0.25, -0.2) is 4.68 Å². The second-order valence-electron chi connectivity index (χ2n) is 7.58. The van der Waals surface area contributed by atoms with Gasteiger partial charge in [-0.2, -0.15) is 5.10 Å². The highest BCUT2D eigenvalue weighted by Gasteiger charge is 2.28. The van der Waals surface area contributed by atoms with Crippen LogP contribution in [-0.2, 0) is 17.6 Å². The summed E-state index contributed by atoms with van der Waals surface area (Å²) >= 11 is 0. The number of hydrogen-bond donors (Lipinski definition) is 0. The van der Waals surface area contributed by atoms with Crippen molar-refractivity contribution in [3.8, 4) is 0 Å². The standard InChI is InChI=1S/C21H26N4O2/c1-15-5-3-7-18(13-15)23-9-11-24(12-10-23)21(27)16(2)25-20(26)14-17-6-4-8-19(17)22-25/h3,5,7,13-14,16H,4,6,8-12H2,1-2H3. The Morgan fingerprint density at radius 3 is 2.63 bits per heavy atom. The summed E-state index contributed by atoms with van der Waals surface area (Å²) in [7, 11) is 0. The minimum atomic E-state index is -0.561. The van der Waals surface area contributed by atoms with Crippen molar-refractivity contribution in [2.45, 2.75) is 39.2 Å². The predicted molar refractivity (Wildman–Crippen MR) is 105 cm³/mol. The Morgan fingerprint density at radius 2 is 1.89 bits per heavy atom. The summed E-state index contributed by atoms with van der Waals surface area (Å²) in [5, 5.41) is 4.49. The summed E-state index contributed by atoms with van der Waals surface area (Å²) in [5.74, 6) is -0.0218. The van der Waals surface area contributed by atoms with Crippen LogP contribution in [0.4, 0.5) is 5.69 Å². The molecule has 142 valence electrons. The Morgan fingerprint density at radius 1 is 1.11 bits per heavy atom. The minimum absolute atomic E-state index is 0.0218. The van der Waals surface area contributed by atoms with E-state index in [1.807, 2.05) is 4.90 Å². The Hall–Kier alpha value is -2.63. The van der Waals surface area contributed by atoms with E-state index in [0.717, 1.165) is 43.6 Å². The average molecular weight is 366 g/mol. The molecule has 1 aliphatic heterocycles. The molecule has 4 rings (SSSR count). The van der Waals surface area contributed by atoms with Crippen LogP contribution >= 0.6 is 0 Å². The van der Waals surface area contributed by atoms with E-state index in [0.29, 0.717) is 13.1 Å². The molecule has 27 heavy (non-hydrogen) atoms. The van der Waals surface area contributed by atoms with Crippen LogP contribution in [-0.4, -0.2) is 46.8 Å². The topological polar surface area (TPSA) is 58.4 Å². The molecule has 1 atom stereocenters. The summed E-state index contributed by atoms with van der Waals surface area (Å²) in [5.41, 5.74) is 4.28. The maximum Gasteiger partial charge on any atom is 0.267 e. The van der Waals surface area contributed by atoms with Gasteiger partial charge in [-0.1, -0.05) is 12.1 Å². The fourth-order valence-corrected chi connectivity index (χ4v) is 4.07. The van der Waals surface area contributed by atoms with Gasteiger partial charge in [-0.3, -0.25) is 9.59 Å². The number of benzene rings is 1. The molecule has 1 amide bonds. The van der Waals surface area contributed by atoms with E-state index in [1.165, 1.54) is 15.9 Å². The lowest BCUT2D eigenvalue weighted by Crippen LogP contribution is -2.51. The lowest BCUT2D eigenvalue weighted by atomic mass is 10.2. The fraction of sp³-hybridized carbons (Fsp3) is 0.476. The van der Waals surface area contributed by atoms with Crippen LogP contribution < -0.4 is 10.5 Å². The summed E-state index contributed by atoms with van der Waals surface area (Å²) in [6, 6.07) is 9.54. The first-order valence-corrected chi connectivity index (χ1v) is 9.75. The lowest BCUT2D eigenvalue weighted by Gasteiger charge is -2.37. The van der Waals surface area contributed by atoms with Crippen LogP contribution in [0.25, 0.3) is 0 Å². The predicted octanol–water partition coefficient (Wildman–Crippen LogP) is 1.95. The van der Waals surface area contributed by atoms with Crippen molar-refractivity contribution < 1.29 is 4.79 Å². The van der Waals surface area contributed by atoms with Crippen LogP contribution in [0.15, 0.2) is 35.1 Å². The van der Waals surface area contributed by atoms with Gasteiger partial charge in [0.2, 0.25) is 5.91 Å². The Labute approximate surface area is 159 Å². The van der Waals surface area contributed by atoms with E-state index in [-0.39, 0.29) is 11.5 Å². The summed E-state index contributed by atoms with van der Waals surface area (Å²) in [6.45, 7) is 6.80. The van der Waals surface area contributed by atoms with Gasteiger partial charge in [0.1, 0.15) is 6.04 Å². The number of carbonyl (C=O) groups excluding carboxylic acids is 1. The van der Waals surface area contributed by atoms with Crippen molar-refractivity contribution in [3.63, 3.8) is 0 Å². The minimum Gasteiger partial charge on any atom is -0.368 e. The van der Waals surface area contributed by atoms with E-state index >= 15 is 0 Å². The van der Waals surface area contributed by atoms with Crippen LogP contribution in [0.5, 0.6) is 0 Å². The quantitative estimate of drug-likeness (QED) is 0.833. The van der Waals surface area contributed by atoms with Crippen molar-refractivity contribution in [1.29, 1.82) is 0 Å². The van der Waals surface area contributed by atoms with E-state index in [9.17, 15) is 9.59 Å². The van der Waals surface area contributed by atoms with Gasteiger partial charge < -0.3 is 9.80 Å². The number of carbonyl (C=O) groups is 1. The molecule has 1 saturated heterocycles. The van der Waals surface area contributed by atoms with Crippen molar-refractivity contribution >= 4 is 11.6 Å². The SMILES string of the molecule is Cc1cccc(N2CCN(C(=O)C(C)n3nc4c(cc3=O)CCC4)CC2)c1. The van der Waals surface area contributed by atoms with Gasteiger partial charge in [0.05, 0.1) is 5.69 Å². The summed E-state index contributed by atoms with van der Waals surface area (Å²) in [4.78, 5) is 29.5. The fourth-order valence-electron chi connectivity index (χ4n) is 4.07. The van der Waals surface area contributed by atoms with Gasteiger partial charge in [-0.15, -0.1) is 0 Å². The van der Waals surface area contributed by atoms with Crippen molar-refractivity contribution in [3.05, 3.63) is 57.5 Å². The monoisotopic (exact) mass is 366 g/mol. The van der Waals surface area contributed by atoms with Crippen LogP contribution in [0.2, 0.25) is 0 Å². The average Bonchev–Trinajstić information content (AvgIpc) is 3.13. The molecule has 6 nitrogen and oxygen atoms in total. The molecule has 1 unspecified atom stereocenters. The zero-order chi connectivity index (χ0) is 19.0. The van der Waals surface area contributed by atoms with Gasteiger partial charge in [0, 0.05) is 37.9 Å². The largest absolute Gasteiger partial charge is 0.368 e. The lowest BCUT2D eigenvalue weighted by molar-refractivity contribution is -0.135. The molecule has 6 heteroatoms. The molecule has 0 bridgehead atoms. The number of nitrogens with zero attached hydrogens (tertiary/aromatic N) is 4. The van der Waals surface area contributed by atoms with Gasteiger partial charge >= 0.3 is 0 Å². The highest BCUT2D eigenvalue weighted by atomic mass is 16.2. The van der Waals surface area contributed by atoms with Gasteiger partial charge in [0.25, 0.3) is 5.56 Å². The number of piperazine rings is 1. The number of rotatable bonds is 3. The molecule has 2 heterocycles. The number of fused-ring (bicyclic) bond motifs is 1. The number of hydrogen-bond acceptors (Lipinski definition) is 4. The van der Waals surface area contributed by atoms with Gasteiger partial charge in [-0.05, 0) is 56.4 Å². The smallest absolute Gasteiger partial charge is 0.267 e. The number of anilines is 1. The first kappa shape index (κ1) is 17.8. The zero-order valence-corrected chi connectivity index (χ0v) is 16.0. The van der Waals surface area contributed by atoms with Crippen LogP contribution in [0.1, 0.15) is 36.2 Å². The molecule has 1 aromatic carbocycles. The van der Waals surface area contributed by atoms with Crippen molar-refractivity contribution in [2.24, 2.45) is 0 Å². The molecule has 0 N–H and O–H groups in total. The molecule has 0 radical (unpaired) electrons. The molecule has 0 saturated carbocycles. The van der Waals surface area contributed by atoms with E-state index < -0.39 is 6.04 Å². The Kier molecular flexibility index (Phi) is 4.72. The highest BCUT2D eigenvalue weighted by molar-refractivity contribution is 5.80. The second-order valence-corrected chi connectivity index (χ2v) is 7.58. The molecular weight excluding hydrogens is 340 g/mol. The third-order valence-electron chi connectivity index (χ3n) is 5.66. The number of aromatic nitrogens is 2. The third kappa shape index (κ3) is 3.48. The Balaban J connectivity index is 1.44. The summed E-state index contributed by atoms with van der Waals surface area (Å²) < 4.78 is 1.37. The second kappa shape index (κ2) is 7.18. The molecule has 2 aliphatic rings. The highest BCUT2D eigenvalue weighted by Crippen LogP contribution is 2.20. The first-order valence-electron chi connectivity index (χ1n) is 9.75. The molecule has 0 spiro atoms. The van der Waals surface area contributed by atoms with Crippen molar-refractivity contribution in [1.82, 2.24) is 14.7 Å². The molecule has 2 aromatic rings. The van der Waals surface area contributed by atoms with Gasteiger partial charge in [0.15, 0.2) is 0 Å². The first-order chi connectivity index (χ1) is 13.0. The van der Waals surface area contributed by atoms with Crippen LogP contribution in [0.3, 0.4) is 0 Å². The maximum absolute atomic E-state index is 13.0. The zero-order valence-electron chi connectivity index (χ0n) is 16.0. The normalized spacial score (nSPS) is 17.7. The maximum atomic E-state index is 13.0. The van der Waals surface area contributed by atoms with E-state index in [2.05, 4.69) is 41.2 Å². The molecular formula is C21H26N4O2. The molecule has 1 aliphatic carbocycles. The van der Waals surface area contributed by atoms with E-state index in [4.69, 9.17) is 0 Å². The number of amides is 1. The Bertz CT molecular complexity index is 913. The van der Waals surface area contributed by atoms with Crippen LogP contribution in [0, 0.1) is 6.92 Å². The van der Waals surface area contributed by atoms with Crippen molar-refractivity contribution in [2.75, 3.05) is 31.1 Å². The third-order valence-corrected chi connectivity index (χ3v) is 5.66. The molecule has 1 fully saturated rings.